The van der Waals surface area contributed by atoms with Crippen LogP contribution in [0.2, 0.25) is 0 Å². The van der Waals surface area contributed by atoms with E-state index in [4.69, 9.17) is 4.42 Å². The number of thiol groups is 1. The number of aromatic nitrogens is 6. The summed E-state index contributed by atoms with van der Waals surface area (Å²) in [6.45, 7) is 0.624. The van der Waals surface area contributed by atoms with E-state index in [1.807, 2.05) is 0 Å². The van der Waals surface area contributed by atoms with Gasteiger partial charge in [-0.05, 0) is 31.0 Å². The molecule has 0 N–H and O–H groups in total. The molecule has 184 valence electrons. The highest BCUT2D eigenvalue weighted by Gasteiger charge is 2.50. The van der Waals surface area contributed by atoms with Crippen LogP contribution in [0.1, 0.15) is 30.2 Å². The molecule has 35 heavy (non-hydrogen) atoms. The van der Waals surface area contributed by atoms with Crippen LogP contribution in [0.25, 0.3) is 10.9 Å². The minimum absolute atomic E-state index is 0.0531. The lowest BCUT2D eigenvalue weighted by Crippen LogP contribution is -2.41. The average molecular weight is 504 g/mol. The maximum absolute atomic E-state index is 13.7. The van der Waals surface area contributed by atoms with Gasteiger partial charge in [-0.15, -0.1) is 10.2 Å². The van der Waals surface area contributed by atoms with Gasteiger partial charge in [-0.1, -0.05) is 0 Å². The molecule has 12 nitrogen and oxygen atoms in total. The molecule has 4 aromatic rings. The van der Waals surface area contributed by atoms with Gasteiger partial charge in [-0.2, -0.15) is 5.10 Å². The van der Waals surface area contributed by atoms with Crippen LogP contribution in [0.5, 0.6) is 0 Å². The number of aryl methyl sites for hydroxylation is 2. The summed E-state index contributed by atoms with van der Waals surface area (Å²) in [5.74, 6) is 0.486. The van der Waals surface area contributed by atoms with Crippen LogP contribution < -0.4 is 15.6 Å². The molecule has 3 aromatic heterocycles. The van der Waals surface area contributed by atoms with Gasteiger partial charge >= 0.3 is 5.69 Å². The fourth-order valence-corrected chi connectivity index (χ4v) is 5.11. The second-order valence-corrected chi connectivity index (χ2v) is 9.48. The van der Waals surface area contributed by atoms with Crippen molar-refractivity contribution in [3.8, 4) is 0 Å². The minimum atomic E-state index is -3.16. The van der Waals surface area contributed by atoms with E-state index in [-0.39, 0.29) is 35.6 Å². The highest BCUT2D eigenvalue weighted by molar-refractivity contribution is 7.74. The number of fused-ring (bicyclic) bond motifs is 1. The van der Waals surface area contributed by atoms with Crippen molar-refractivity contribution in [3.05, 3.63) is 68.8 Å². The number of halogens is 1. The van der Waals surface area contributed by atoms with Crippen molar-refractivity contribution in [1.82, 2.24) is 29.1 Å². The maximum Gasteiger partial charge on any atom is 0.332 e. The number of anilines is 1. The number of alkyl halides is 1. The standard InChI is InChI=1S/C21H22FN7O5S/c1-13-24-25-18(34-13)11-27-17-4-3-15(29(35(32)33)21(12-22)5-6-21)7-16(17)19(30)28(20(27)31)10-14-8-23-26(2)9-14/h3-4,7-9,35H,5-6,10-12H2,1-2H3. The van der Waals surface area contributed by atoms with Gasteiger partial charge < -0.3 is 4.42 Å². The molecule has 1 saturated carbocycles. The summed E-state index contributed by atoms with van der Waals surface area (Å²) in [5.41, 5.74) is -1.31. The van der Waals surface area contributed by atoms with Crippen LogP contribution >= 0.6 is 0 Å². The number of benzene rings is 1. The zero-order valence-electron chi connectivity index (χ0n) is 18.9. The number of hydrogen-bond acceptors (Lipinski definition) is 8. The molecule has 0 spiro atoms. The van der Waals surface area contributed by atoms with E-state index in [0.717, 1.165) is 8.87 Å². The van der Waals surface area contributed by atoms with E-state index in [2.05, 4.69) is 15.3 Å². The molecular formula is C21H22FN7O5S. The summed E-state index contributed by atoms with van der Waals surface area (Å²) in [7, 11) is -1.45. The van der Waals surface area contributed by atoms with Gasteiger partial charge in [0.1, 0.15) is 13.2 Å². The highest BCUT2D eigenvalue weighted by atomic mass is 32.2. The SMILES string of the molecule is Cc1nnc(Cn2c(=O)n(Cc3cnn(C)c3)c(=O)c3cc(N([SH](=O)=O)C4(CF)CC4)ccc32)o1. The third kappa shape index (κ3) is 4.03. The predicted molar refractivity (Wildman–Crippen MR) is 124 cm³/mol. The van der Waals surface area contributed by atoms with Crippen LogP contribution in [0.15, 0.2) is 44.6 Å². The molecule has 0 atom stereocenters. The van der Waals surface area contributed by atoms with E-state index in [9.17, 15) is 22.4 Å². The van der Waals surface area contributed by atoms with Gasteiger partial charge in [-0.3, -0.25) is 22.9 Å². The average Bonchev–Trinajstić information content (AvgIpc) is 3.31. The van der Waals surface area contributed by atoms with Gasteiger partial charge in [0.15, 0.2) is 0 Å². The largest absolute Gasteiger partial charge is 0.424 e. The second kappa shape index (κ2) is 8.45. The quantitative estimate of drug-likeness (QED) is 0.344. The van der Waals surface area contributed by atoms with Gasteiger partial charge in [0.2, 0.25) is 22.7 Å². The Morgan fingerprint density at radius 2 is 1.94 bits per heavy atom. The Kier molecular flexibility index (Phi) is 5.54. The zero-order chi connectivity index (χ0) is 24.9. The maximum atomic E-state index is 13.7. The third-order valence-corrected chi connectivity index (χ3v) is 7.08. The molecule has 1 aliphatic carbocycles. The summed E-state index contributed by atoms with van der Waals surface area (Å²) in [4.78, 5) is 26.9. The summed E-state index contributed by atoms with van der Waals surface area (Å²) in [6.07, 6.45) is 3.98. The topological polar surface area (TPSA) is 138 Å². The lowest BCUT2D eigenvalue weighted by Gasteiger charge is -2.26. The lowest BCUT2D eigenvalue weighted by molar-refractivity contribution is 0.417. The molecule has 0 radical (unpaired) electrons. The van der Waals surface area contributed by atoms with Crippen molar-refractivity contribution in [2.75, 3.05) is 11.0 Å². The number of hydrogen-bond donors (Lipinski definition) is 1. The molecule has 5 rings (SSSR count). The number of rotatable bonds is 8. The van der Waals surface area contributed by atoms with E-state index in [0.29, 0.717) is 24.3 Å². The van der Waals surface area contributed by atoms with Gasteiger partial charge in [-0.25, -0.2) is 17.6 Å². The first kappa shape index (κ1) is 23.0. The zero-order valence-corrected chi connectivity index (χ0v) is 19.8. The molecule has 1 fully saturated rings. The fourth-order valence-electron chi connectivity index (χ4n) is 4.20. The van der Waals surface area contributed by atoms with Crippen molar-refractivity contribution < 1.29 is 17.2 Å². The Hall–Kier alpha value is -3.81. The molecule has 0 saturated heterocycles. The van der Waals surface area contributed by atoms with Crippen LogP contribution in [-0.4, -0.2) is 49.7 Å². The van der Waals surface area contributed by atoms with E-state index in [1.165, 1.54) is 22.8 Å². The first-order valence-electron chi connectivity index (χ1n) is 10.8. The van der Waals surface area contributed by atoms with Crippen molar-refractivity contribution in [1.29, 1.82) is 0 Å². The van der Waals surface area contributed by atoms with Crippen molar-refractivity contribution in [2.24, 2.45) is 7.05 Å². The predicted octanol–water partition coefficient (Wildman–Crippen LogP) is 0.520. The summed E-state index contributed by atoms with van der Waals surface area (Å²) in [5, 5.41) is 11.9. The van der Waals surface area contributed by atoms with Gasteiger partial charge in [0.05, 0.1) is 34.9 Å². The molecule has 3 heterocycles. The van der Waals surface area contributed by atoms with Crippen LogP contribution in [0, 0.1) is 6.92 Å². The molecule has 14 heteroatoms. The van der Waals surface area contributed by atoms with Crippen LogP contribution in [-0.2, 0) is 31.0 Å². The molecule has 1 aliphatic rings. The summed E-state index contributed by atoms with van der Waals surface area (Å²) < 4.78 is 48.2. The van der Waals surface area contributed by atoms with E-state index < -0.39 is 34.4 Å². The first-order chi connectivity index (χ1) is 16.7. The molecule has 0 amide bonds. The Morgan fingerprint density at radius 1 is 1.17 bits per heavy atom. The third-order valence-electron chi connectivity index (χ3n) is 6.10. The second-order valence-electron chi connectivity index (χ2n) is 8.61. The minimum Gasteiger partial charge on any atom is -0.424 e. The Bertz CT molecular complexity index is 1620. The molecule has 1 aromatic carbocycles. The summed E-state index contributed by atoms with van der Waals surface area (Å²) >= 11 is 0. The van der Waals surface area contributed by atoms with Gasteiger partial charge in [0, 0.05) is 25.7 Å². The monoisotopic (exact) mass is 503 g/mol. The number of nitrogens with zero attached hydrogens (tertiary/aromatic N) is 7. The van der Waals surface area contributed by atoms with Crippen molar-refractivity contribution >= 4 is 27.5 Å². The summed E-state index contributed by atoms with van der Waals surface area (Å²) in [6, 6.07) is 4.32. The van der Waals surface area contributed by atoms with Crippen LogP contribution in [0.4, 0.5) is 10.1 Å². The Morgan fingerprint density at radius 3 is 2.51 bits per heavy atom. The van der Waals surface area contributed by atoms with Crippen LogP contribution in [0.3, 0.4) is 0 Å². The fraction of sp³-hybridized carbons (Fsp3) is 0.381. The van der Waals surface area contributed by atoms with E-state index >= 15 is 0 Å². The smallest absolute Gasteiger partial charge is 0.332 e. The first-order valence-corrected chi connectivity index (χ1v) is 11.9. The van der Waals surface area contributed by atoms with E-state index in [1.54, 1.807) is 31.0 Å². The highest BCUT2D eigenvalue weighted by Crippen LogP contribution is 2.45. The molecule has 0 aliphatic heterocycles. The van der Waals surface area contributed by atoms with Gasteiger partial charge in [0.25, 0.3) is 5.56 Å². The lowest BCUT2D eigenvalue weighted by atomic mass is 10.2. The molecular weight excluding hydrogens is 481 g/mol. The molecule has 0 unspecified atom stereocenters. The van der Waals surface area contributed by atoms with Crippen molar-refractivity contribution in [2.45, 2.75) is 38.4 Å². The van der Waals surface area contributed by atoms with Crippen molar-refractivity contribution in [3.63, 3.8) is 0 Å². The normalized spacial score (nSPS) is 14.6. The Balaban J connectivity index is 1.72. The molecule has 0 bridgehead atoms. The Labute approximate surface area is 199 Å².